The SMILES string of the molecule is O=S(=O)(c1cnn2c1CCC2)N1CCC(c2ccncc2)CC1. The number of nitrogens with zero attached hydrogens (tertiary/aromatic N) is 4. The highest BCUT2D eigenvalue weighted by atomic mass is 32.2. The Hall–Kier alpha value is -1.73. The predicted octanol–water partition coefficient (Wildman–Crippen LogP) is 1.79. The first-order chi connectivity index (χ1) is 11.2. The molecule has 1 fully saturated rings. The molecule has 0 radical (unpaired) electrons. The van der Waals surface area contributed by atoms with Gasteiger partial charge in [-0.3, -0.25) is 9.67 Å². The van der Waals surface area contributed by atoms with E-state index in [0.29, 0.717) is 23.9 Å². The topological polar surface area (TPSA) is 68.1 Å². The molecule has 122 valence electrons. The third-order valence-electron chi connectivity index (χ3n) is 4.94. The summed E-state index contributed by atoms with van der Waals surface area (Å²) in [6.07, 6.45) is 8.62. The van der Waals surface area contributed by atoms with Gasteiger partial charge >= 0.3 is 0 Å². The summed E-state index contributed by atoms with van der Waals surface area (Å²) in [5, 5.41) is 4.22. The van der Waals surface area contributed by atoms with Crippen LogP contribution in [-0.4, -0.2) is 40.6 Å². The number of sulfonamides is 1. The van der Waals surface area contributed by atoms with Gasteiger partial charge in [0.2, 0.25) is 10.0 Å². The van der Waals surface area contributed by atoms with Crippen LogP contribution in [0.25, 0.3) is 0 Å². The van der Waals surface area contributed by atoms with Crippen molar-refractivity contribution >= 4 is 10.0 Å². The lowest BCUT2D eigenvalue weighted by Gasteiger charge is -2.31. The third-order valence-corrected chi connectivity index (χ3v) is 6.88. The van der Waals surface area contributed by atoms with E-state index in [1.807, 2.05) is 16.8 Å². The molecule has 0 saturated carbocycles. The highest BCUT2D eigenvalue weighted by Crippen LogP contribution is 2.32. The van der Waals surface area contributed by atoms with Gasteiger partial charge in [0.1, 0.15) is 4.90 Å². The molecule has 4 heterocycles. The van der Waals surface area contributed by atoms with E-state index in [-0.39, 0.29) is 0 Å². The summed E-state index contributed by atoms with van der Waals surface area (Å²) in [6.45, 7) is 1.97. The number of aryl methyl sites for hydroxylation is 1. The molecule has 2 aromatic heterocycles. The van der Waals surface area contributed by atoms with E-state index in [1.165, 1.54) is 11.8 Å². The first kappa shape index (κ1) is 14.8. The lowest BCUT2D eigenvalue weighted by atomic mass is 9.91. The first-order valence-electron chi connectivity index (χ1n) is 8.11. The van der Waals surface area contributed by atoms with Crippen molar-refractivity contribution < 1.29 is 8.42 Å². The van der Waals surface area contributed by atoms with E-state index in [0.717, 1.165) is 37.9 Å². The zero-order valence-electron chi connectivity index (χ0n) is 12.9. The van der Waals surface area contributed by atoms with Gasteiger partial charge in [0.05, 0.1) is 11.9 Å². The molecule has 2 aromatic rings. The second-order valence-corrected chi connectivity index (χ2v) is 8.15. The number of rotatable bonds is 3. The summed E-state index contributed by atoms with van der Waals surface area (Å²) in [4.78, 5) is 4.46. The molecule has 0 unspecified atom stereocenters. The minimum atomic E-state index is -3.41. The number of pyridine rings is 1. The van der Waals surface area contributed by atoms with Crippen molar-refractivity contribution in [2.75, 3.05) is 13.1 Å². The van der Waals surface area contributed by atoms with Crippen LogP contribution in [0.1, 0.15) is 36.4 Å². The Labute approximate surface area is 136 Å². The van der Waals surface area contributed by atoms with E-state index in [1.54, 1.807) is 16.7 Å². The molecule has 0 amide bonds. The van der Waals surface area contributed by atoms with Crippen molar-refractivity contribution in [1.29, 1.82) is 0 Å². The quantitative estimate of drug-likeness (QED) is 0.859. The normalized spacial score (nSPS) is 19.8. The van der Waals surface area contributed by atoms with Gasteiger partial charge in [0.25, 0.3) is 0 Å². The largest absolute Gasteiger partial charge is 0.268 e. The predicted molar refractivity (Wildman–Crippen MR) is 85.5 cm³/mol. The molecular formula is C16H20N4O2S. The van der Waals surface area contributed by atoms with Crippen LogP contribution < -0.4 is 0 Å². The smallest absolute Gasteiger partial charge is 0.246 e. The average molecular weight is 332 g/mol. The summed E-state index contributed by atoms with van der Waals surface area (Å²) < 4.78 is 29.3. The van der Waals surface area contributed by atoms with Crippen LogP contribution in [0.2, 0.25) is 0 Å². The van der Waals surface area contributed by atoms with Crippen LogP contribution in [0.5, 0.6) is 0 Å². The summed E-state index contributed by atoms with van der Waals surface area (Å²) in [7, 11) is -3.41. The molecule has 2 aliphatic rings. The van der Waals surface area contributed by atoms with Gasteiger partial charge in [-0.15, -0.1) is 0 Å². The van der Waals surface area contributed by atoms with E-state index in [4.69, 9.17) is 0 Å². The Morgan fingerprint density at radius 1 is 1.09 bits per heavy atom. The number of aromatic nitrogens is 3. The number of hydrogen-bond donors (Lipinski definition) is 0. The maximum atomic E-state index is 12.9. The van der Waals surface area contributed by atoms with Crippen LogP contribution in [0.15, 0.2) is 35.6 Å². The molecule has 0 spiro atoms. The summed E-state index contributed by atoms with van der Waals surface area (Å²) in [5.74, 6) is 0.419. The van der Waals surface area contributed by atoms with Crippen LogP contribution in [-0.2, 0) is 23.0 Å². The Morgan fingerprint density at radius 3 is 2.57 bits per heavy atom. The summed E-state index contributed by atoms with van der Waals surface area (Å²) >= 11 is 0. The van der Waals surface area contributed by atoms with Gasteiger partial charge in [0, 0.05) is 32.0 Å². The van der Waals surface area contributed by atoms with Crippen molar-refractivity contribution in [3.05, 3.63) is 42.0 Å². The molecule has 23 heavy (non-hydrogen) atoms. The standard InChI is InChI=1S/C16H20N4O2S/c21-23(22,16-12-18-20-9-1-2-15(16)20)19-10-5-14(6-11-19)13-3-7-17-8-4-13/h3-4,7-8,12,14H,1-2,5-6,9-11H2. The molecule has 0 N–H and O–H groups in total. The molecule has 2 aliphatic heterocycles. The van der Waals surface area contributed by atoms with Crippen LogP contribution in [0.4, 0.5) is 0 Å². The van der Waals surface area contributed by atoms with E-state index in [9.17, 15) is 8.42 Å². The Kier molecular flexibility index (Phi) is 3.69. The average Bonchev–Trinajstić information content (AvgIpc) is 3.19. The molecule has 0 aliphatic carbocycles. The van der Waals surface area contributed by atoms with Crippen molar-refractivity contribution in [3.63, 3.8) is 0 Å². The number of piperidine rings is 1. The second-order valence-electron chi connectivity index (χ2n) is 6.24. The van der Waals surface area contributed by atoms with Gasteiger partial charge in [-0.25, -0.2) is 8.42 Å². The van der Waals surface area contributed by atoms with Crippen molar-refractivity contribution in [1.82, 2.24) is 19.1 Å². The molecule has 6 nitrogen and oxygen atoms in total. The zero-order chi connectivity index (χ0) is 15.9. The van der Waals surface area contributed by atoms with Crippen LogP contribution >= 0.6 is 0 Å². The van der Waals surface area contributed by atoms with E-state index < -0.39 is 10.0 Å². The minimum Gasteiger partial charge on any atom is -0.268 e. The first-order valence-corrected chi connectivity index (χ1v) is 9.55. The highest BCUT2D eigenvalue weighted by Gasteiger charge is 2.34. The molecule has 4 rings (SSSR count). The Morgan fingerprint density at radius 2 is 1.83 bits per heavy atom. The number of fused-ring (bicyclic) bond motifs is 1. The molecule has 1 saturated heterocycles. The summed E-state index contributed by atoms with van der Waals surface area (Å²) in [6, 6.07) is 4.05. The minimum absolute atomic E-state index is 0.414. The number of hydrogen-bond acceptors (Lipinski definition) is 4. The van der Waals surface area contributed by atoms with Gasteiger partial charge in [-0.1, -0.05) is 0 Å². The molecule has 0 aromatic carbocycles. The molecule has 0 bridgehead atoms. The molecule has 7 heteroatoms. The van der Waals surface area contributed by atoms with Crippen LogP contribution in [0, 0.1) is 0 Å². The van der Waals surface area contributed by atoms with Gasteiger partial charge in [-0.2, -0.15) is 9.40 Å². The van der Waals surface area contributed by atoms with Gasteiger partial charge < -0.3 is 0 Å². The molecule has 0 atom stereocenters. The third kappa shape index (κ3) is 2.57. The second kappa shape index (κ2) is 5.72. The fraction of sp³-hybridized carbons (Fsp3) is 0.500. The fourth-order valence-electron chi connectivity index (χ4n) is 3.65. The van der Waals surface area contributed by atoms with Crippen molar-refractivity contribution in [2.45, 2.75) is 43.0 Å². The molecular weight excluding hydrogens is 312 g/mol. The van der Waals surface area contributed by atoms with E-state index >= 15 is 0 Å². The van der Waals surface area contributed by atoms with Crippen LogP contribution in [0.3, 0.4) is 0 Å². The van der Waals surface area contributed by atoms with Crippen molar-refractivity contribution in [3.8, 4) is 0 Å². The Bertz CT molecular complexity index is 793. The van der Waals surface area contributed by atoms with Crippen molar-refractivity contribution in [2.24, 2.45) is 0 Å². The fourth-order valence-corrected chi connectivity index (χ4v) is 5.31. The van der Waals surface area contributed by atoms with Gasteiger partial charge in [0.15, 0.2) is 0 Å². The Balaban J connectivity index is 1.51. The van der Waals surface area contributed by atoms with E-state index in [2.05, 4.69) is 10.1 Å². The highest BCUT2D eigenvalue weighted by molar-refractivity contribution is 7.89. The summed E-state index contributed by atoms with van der Waals surface area (Å²) in [5.41, 5.74) is 2.13. The maximum absolute atomic E-state index is 12.9. The zero-order valence-corrected chi connectivity index (χ0v) is 13.7. The lowest BCUT2D eigenvalue weighted by molar-refractivity contribution is 0.319. The maximum Gasteiger partial charge on any atom is 0.246 e. The monoisotopic (exact) mass is 332 g/mol. The van der Waals surface area contributed by atoms with Gasteiger partial charge in [-0.05, 0) is 49.3 Å². The lowest BCUT2D eigenvalue weighted by Crippen LogP contribution is -2.38.